The number of aliphatic hydroxyl groups excluding tert-OH is 1. The van der Waals surface area contributed by atoms with Gasteiger partial charge in [0, 0.05) is 23.2 Å². The van der Waals surface area contributed by atoms with E-state index in [1.807, 2.05) is 18.2 Å². The average molecular weight is 369 g/mol. The van der Waals surface area contributed by atoms with E-state index in [0.29, 0.717) is 25.0 Å². The summed E-state index contributed by atoms with van der Waals surface area (Å²) in [4.78, 5) is 8.62. The van der Waals surface area contributed by atoms with Gasteiger partial charge < -0.3 is 20.3 Å². The third kappa shape index (κ3) is 2.56. The topological polar surface area (TPSA) is 90.0 Å². The van der Waals surface area contributed by atoms with Gasteiger partial charge in [-0.15, -0.1) is 0 Å². The molecule has 7 heteroatoms. The first-order valence-electron chi connectivity index (χ1n) is 9.13. The zero-order valence-corrected chi connectivity index (χ0v) is 14.6. The number of pyridine rings is 1. The molecular formula is C20H20FN3O3. The van der Waals surface area contributed by atoms with Crippen molar-refractivity contribution >= 4 is 6.02 Å². The Morgan fingerprint density at radius 2 is 2.07 bits per heavy atom. The smallest absolute Gasteiger partial charge is 0.283 e. The number of amidine groups is 1. The predicted octanol–water partition coefficient (Wildman–Crippen LogP) is 2.35. The number of benzene rings is 1. The molecule has 140 valence electrons. The van der Waals surface area contributed by atoms with Crippen LogP contribution in [0.3, 0.4) is 0 Å². The molecule has 0 saturated heterocycles. The van der Waals surface area contributed by atoms with Crippen molar-refractivity contribution in [3.05, 3.63) is 48.0 Å². The summed E-state index contributed by atoms with van der Waals surface area (Å²) >= 11 is 0. The molecule has 6 nitrogen and oxygen atoms in total. The van der Waals surface area contributed by atoms with Crippen LogP contribution in [0.5, 0.6) is 5.75 Å². The summed E-state index contributed by atoms with van der Waals surface area (Å²) in [6, 6.07) is 7.33. The van der Waals surface area contributed by atoms with Crippen LogP contribution in [0.4, 0.5) is 4.39 Å². The normalized spacial score (nSPS) is 31.5. The highest BCUT2D eigenvalue weighted by Gasteiger charge is 2.55. The van der Waals surface area contributed by atoms with Gasteiger partial charge >= 0.3 is 0 Å². The summed E-state index contributed by atoms with van der Waals surface area (Å²) in [5.74, 6) is 0.316. The van der Waals surface area contributed by atoms with Crippen molar-refractivity contribution < 1.29 is 19.0 Å². The van der Waals surface area contributed by atoms with Crippen LogP contribution >= 0.6 is 0 Å². The zero-order valence-electron chi connectivity index (χ0n) is 14.6. The monoisotopic (exact) mass is 369 g/mol. The van der Waals surface area contributed by atoms with Crippen molar-refractivity contribution in [3.63, 3.8) is 0 Å². The second-order valence-electron chi connectivity index (χ2n) is 7.50. The third-order valence-electron chi connectivity index (χ3n) is 5.88. The van der Waals surface area contributed by atoms with Gasteiger partial charge in [-0.2, -0.15) is 0 Å². The van der Waals surface area contributed by atoms with Crippen LogP contribution in [0.2, 0.25) is 0 Å². The first kappa shape index (κ1) is 16.5. The molecule has 3 heterocycles. The lowest BCUT2D eigenvalue weighted by Gasteiger charge is -2.47. The van der Waals surface area contributed by atoms with Crippen LogP contribution < -0.4 is 10.5 Å². The standard InChI is InChI=1S/C20H20FN3O3/c21-13-5-12(8-23-9-13)11-1-3-17-15(6-11)20(10-26-19(22)24-20)16-7-14(25)2-4-18(16)27-17/h1,3,5-6,8-9,14,16,18,25H,2,4,7,10H2,(H2,22,24)/t14?,16-,18-,20?/m0/s1. The third-order valence-corrected chi connectivity index (χ3v) is 5.88. The number of halogens is 1. The van der Waals surface area contributed by atoms with Crippen molar-refractivity contribution in [3.8, 4) is 16.9 Å². The van der Waals surface area contributed by atoms with E-state index in [9.17, 15) is 9.50 Å². The van der Waals surface area contributed by atoms with Crippen molar-refractivity contribution in [1.82, 2.24) is 4.98 Å². The van der Waals surface area contributed by atoms with E-state index in [4.69, 9.17) is 15.2 Å². The van der Waals surface area contributed by atoms with Crippen LogP contribution in [0.25, 0.3) is 11.1 Å². The van der Waals surface area contributed by atoms with E-state index in [-0.39, 0.29) is 24.1 Å². The van der Waals surface area contributed by atoms with E-state index < -0.39 is 11.4 Å². The first-order valence-corrected chi connectivity index (χ1v) is 9.13. The fourth-order valence-corrected chi connectivity index (χ4v) is 4.62. The van der Waals surface area contributed by atoms with Crippen LogP contribution in [0, 0.1) is 11.7 Å². The number of fused-ring (bicyclic) bond motifs is 4. The minimum Gasteiger partial charge on any atom is -0.490 e. The largest absolute Gasteiger partial charge is 0.490 e. The number of nitrogens with two attached hydrogens (primary N) is 1. The Balaban J connectivity index is 1.66. The molecule has 1 spiro atoms. The van der Waals surface area contributed by atoms with Crippen molar-refractivity contribution in [2.24, 2.45) is 16.6 Å². The summed E-state index contributed by atoms with van der Waals surface area (Å²) in [5.41, 5.74) is 7.55. The number of aliphatic hydroxyl groups is 1. The Hall–Kier alpha value is -2.67. The zero-order chi connectivity index (χ0) is 18.6. The molecule has 3 aliphatic rings. The molecule has 1 aliphatic carbocycles. The molecule has 2 aromatic rings. The Labute approximate surface area is 155 Å². The highest BCUT2D eigenvalue weighted by Crippen LogP contribution is 2.52. The fraction of sp³-hybridized carbons (Fsp3) is 0.400. The molecule has 2 unspecified atom stereocenters. The molecule has 0 amide bonds. The van der Waals surface area contributed by atoms with Crippen LogP contribution in [-0.4, -0.2) is 34.9 Å². The lowest BCUT2D eigenvalue weighted by Crippen LogP contribution is -2.51. The minimum atomic E-state index is -0.694. The predicted molar refractivity (Wildman–Crippen MR) is 96.6 cm³/mol. The first-order chi connectivity index (χ1) is 13.0. The summed E-state index contributed by atoms with van der Waals surface area (Å²) in [7, 11) is 0. The fourth-order valence-electron chi connectivity index (χ4n) is 4.62. The molecular weight excluding hydrogens is 349 g/mol. The van der Waals surface area contributed by atoms with Crippen LogP contribution in [0.1, 0.15) is 24.8 Å². The summed E-state index contributed by atoms with van der Waals surface area (Å²) in [5, 5.41) is 10.2. The molecule has 1 saturated carbocycles. The lowest BCUT2D eigenvalue weighted by molar-refractivity contribution is -0.0359. The molecule has 2 aliphatic heterocycles. The number of aliphatic imine (C=N–C) groups is 1. The number of hydrogen-bond acceptors (Lipinski definition) is 6. The van der Waals surface area contributed by atoms with E-state index in [1.165, 1.54) is 12.3 Å². The quantitative estimate of drug-likeness (QED) is 0.805. The molecule has 27 heavy (non-hydrogen) atoms. The van der Waals surface area contributed by atoms with E-state index >= 15 is 0 Å². The Kier molecular flexibility index (Phi) is 3.62. The number of nitrogens with zero attached hydrogens (tertiary/aromatic N) is 2. The number of ether oxygens (including phenoxy) is 2. The average Bonchev–Trinajstić information content (AvgIpc) is 3.05. The SMILES string of the molecule is NC1=NC2(CO1)c1cc(-c3cncc(F)c3)ccc1O[C@H]1CCC(O)C[C@@H]12. The molecule has 1 fully saturated rings. The van der Waals surface area contributed by atoms with Gasteiger partial charge in [-0.05, 0) is 43.0 Å². The van der Waals surface area contributed by atoms with Crippen molar-refractivity contribution in [1.29, 1.82) is 0 Å². The van der Waals surface area contributed by atoms with E-state index in [0.717, 1.165) is 23.3 Å². The molecule has 1 aromatic heterocycles. The van der Waals surface area contributed by atoms with Gasteiger partial charge in [0.1, 0.15) is 29.8 Å². The summed E-state index contributed by atoms with van der Waals surface area (Å²) in [6.07, 6.45) is 4.42. The summed E-state index contributed by atoms with van der Waals surface area (Å²) in [6.45, 7) is 0.313. The second kappa shape index (κ2) is 5.92. The van der Waals surface area contributed by atoms with Gasteiger partial charge in [0.15, 0.2) is 0 Å². The maximum Gasteiger partial charge on any atom is 0.283 e. The maximum atomic E-state index is 13.6. The number of aromatic nitrogens is 1. The summed E-state index contributed by atoms with van der Waals surface area (Å²) < 4.78 is 25.5. The number of hydrogen-bond donors (Lipinski definition) is 2. The van der Waals surface area contributed by atoms with Crippen LogP contribution in [0.15, 0.2) is 41.7 Å². The highest BCUT2D eigenvalue weighted by molar-refractivity contribution is 5.75. The minimum absolute atomic E-state index is 0.0318. The van der Waals surface area contributed by atoms with Gasteiger partial charge in [-0.1, -0.05) is 6.07 Å². The van der Waals surface area contributed by atoms with Gasteiger partial charge in [0.2, 0.25) is 0 Å². The van der Waals surface area contributed by atoms with Gasteiger partial charge in [-0.25, -0.2) is 9.38 Å². The lowest BCUT2D eigenvalue weighted by atomic mass is 9.67. The molecule has 5 rings (SSSR count). The van der Waals surface area contributed by atoms with E-state index in [2.05, 4.69) is 9.98 Å². The van der Waals surface area contributed by atoms with Gasteiger partial charge in [0.05, 0.1) is 12.3 Å². The maximum absolute atomic E-state index is 13.6. The van der Waals surface area contributed by atoms with Crippen molar-refractivity contribution in [2.75, 3.05) is 6.61 Å². The molecule has 3 N–H and O–H groups in total. The second-order valence-corrected chi connectivity index (χ2v) is 7.50. The molecule has 1 aromatic carbocycles. The molecule has 0 bridgehead atoms. The van der Waals surface area contributed by atoms with Gasteiger partial charge in [0.25, 0.3) is 6.02 Å². The van der Waals surface area contributed by atoms with Gasteiger partial charge in [-0.3, -0.25) is 4.98 Å². The van der Waals surface area contributed by atoms with Crippen molar-refractivity contribution in [2.45, 2.75) is 37.0 Å². The highest BCUT2D eigenvalue weighted by atomic mass is 19.1. The van der Waals surface area contributed by atoms with Crippen LogP contribution in [-0.2, 0) is 10.3 Å². The Morgan fingerprint density at radius 3 is 2.85 bits per heavy atom. The number of rotatable bonds is 1. The van der Waals surface area contributed by atoms with E-state index in [1.54, 1.807) is 6.20 Å². The molecule has 0 radical (unpaired) electrons. The molecule has 4 atom stereocenters. The Morgan fingerprint density at radius 1 is 1.19 bits per heavy atom. The Bertz CT molecular complexity index is 934.